The van der Waals surface area contributed by atoms with Gasteiger partial charge < -0.3 is 0 Å². The highest BCUT2D eigenvalue weighted by Crippen LogP contribution is 2.19. The molecule has 0 bridgehead atoms. The van der Waals surface area contributed by atoms with Crippen LogP contribution in [0.25, 0.3) is 21.8 Å². The van der Waals surface area contributed by atoms with Crippen LogP contribution in [0.5, 0.6) is 0 Å². The molecule has 0 radical (unpaired) electrons. The summed E-state index contributed by atoms with van der Waals surface area (Å²) in [5, 5.41) is 2.55. The Hall–Kier alpha value is -2.22. The van der Waals surface area contributed by atoms with Crippen molar-refractivity contribution in [1.29, 1.82) is 0 Å². The highest BCUT2D eigenvalue weighted by Gasteiger charge is 2.19. The SMILES string of the molecule is c1cc2ccc3ccc[n+]4cc[n+](c1)c2c34. The zero-order chi connectivity index (χ0) is 10.5. The summed E-state index contributed by atoms with van der Waals surface area (Å²) in [6, 6.07) is 12.8. The molecule has 0 N–H and O–H groups in total. The quantitative estimate of drug-likeness (QED) is 0.306. The smallest absolute Gasteiger partial charge is 0.155 e. The van der Waals surface area contributed by atoms with E-state index < -0.39 is 0 Å². The summed E-state index contributed by atoms with van der Waals surface area (Å²) in [6.45, 7) is 0. The Labute approximate surface area is 92.3 Å². The monoisotopic (exact) mass is 206 g/mol. The van der Waals surface area contributed by atoms with Gasteiger partial charge in [-0.25, -0.2) is 0 Å². The van der Waals surface area contributed by atoms with Gasteiger partial charge in [0.05, 0.1) is 10.8 Å². The molecule has 0 aliphatic heterocycles. The van der Waals surface area contributed by atoms with Gasteiger partial charge >= 0.3 is 0 Å². The van der Waals surface area contributed by atoms with E-state index in [-0.39, 0.29) is 0 Å². The number of hydrogen-bond acceptors (Lipinski definition) is 0. The van der Waals surface area contributed by atoms with E-state index in [9.17, 15) is 0 Å². The molecule has 0 aliphatic rings. The number of rotatable bonds is 0. The minimum Gasteiger partial charge on any atom is -0.155 e. The molecule has 3 heterocycles. The molecule has 2 nitrogen and oxygen atoms in total. The Morgan fingerprint density at radius 2 is 1.06 bits per heavy atom. The molecule has 4 aromatic rings. The Balaban J connectivity index is 2.51. The molecule has 1 aromatic carbocycles. The third-order valence-electron chi connectivity index (χ3n) is 3.16. The van der Waals surface area contributed by atoms with Gasteiger partial charge in [0.25, 0.3) is 11.0 Å². The van der Waals surface area contributed by atoms with Crippen LogP contribution >= 0.6 is 0 Å². The lowest BCUT2D eigenvalue weighted by atomic mass is 10.1. The predicted molar refractivity (Wildman–Crippen MR) is 61.5 cm³/mol. The van der Waals surface area contributed by atoms with Gasteiger partial charge in [0.2, 0.25) is 12.4 Å². The largest absolute Gasteiger partial charge is 0.291 e. The van der Waals surface area contributed by atoms with Crippen LogP contribution in [0, 0.1) is 0 Å². The molecule has 0 amide bonds. The first kappa shape index (κ1) is 7.99. The van der Waals surface area contributed by atoms with E-state index in [1.165, 1.54) is 21.8 Å². The highest BCUT2D eigenvalue weighted by atomic mass is 14.9. The second kappa shape index (κ2) is 2.67. The van der Waals surface area contributed by atoms with Gasteiger partial charge in [-0.2, -0.15) is 8.80 Å². The average molecular weight is 206 g/mol. The Morgan fingerprint density at radius 1 is 0.562 bits per heavy atom. The maximum Gasteiger partial charge on any atom is 0.291 e. The van der Waals surface area contributed by atoms with Crippen molar-refractivity contribution >= 4 is 21.8 Å². The fraction of sp³-hybridized carbons (Fsp3) is 0. The molecule has 0 saturated heterocycles. The molecule has 0 unspecified atom stereocenters. The van der Waals surface area contributed by atoms with Crippen LogP contribution in [0.4, 0.5) is 0 Å². The molecule has 0 spiro atoms. The lowest BCUT2D eigenvalue weighted by molar-refractivity contribution is -0.563. The van der Waals surface area contributed by atoms with Crippen LogP contribution < -0.4 is 8.80 Å². The summed E-state index contributed by atoms with van der Waals surface area (Å²) in [5.41, 5.74) is 2.56. The van der Waals surface area contributed by atoms with E-state index in [0.717, 1.165) is 0 Å². The molecule has 4 rings (SSSR count). The van der Waals surface area contributed by atoms with Crippen molar-refractivity contribution < 1.29 is 8.80 Å². The molecule has 0 fully saturated rings. The van der Waals surface area contributed by atoms with Crippen LogP contribution in [-0.2, 0) is 0 Å². The van der Waals surface area contributed by atoms with E-state index in [2.05, 4.69) is 70.0 Å². The second-order valence-electron chi connectivity index (χ2n) is 4.07. The van der Waals surface area contributed by atoms with Crippen molar-refractivity contribution in [1.82, 2.24) is 0 Å². The van der Waals surface area contributed by atoms with Crippen molar-refractivity contribution in [2.24, 2.45) is 0 Å². The fourth-order valence-electron chi connectivity index (χ4n) is 2.44. The molecule has 2 heteroatoms. The summed E-state index contributed by atoms with van der Waals surface area (Å²) >= 11 is 0. The molecule has 0 aliphatic carbocycles. The van der Waals surface area contributed by atoms with E-state index in [1.54, 1.807) is 0 Å². The van der Waals surface area contributed by atoms with E-state index in [4.69, 9.17) is 0 Å². The fourth-order valence-corrected chi connectivity index (χ4v) is 2.44. The van der Waals surface area contributed by atoms with Gasteiger partial charge in [-0.15, -0.1) is 0 Å². The first-order chi connectivity index (χ1) is 7.93. The third kappa shape index (κ3) is 0.865. The normalized spacial score (nSPS) is 11.8. The number of nitrogens with zero attached hydrogens (tertiary/aromatic N) is 2. The van der Waals surface area contributed by atoms with Crippen molar-refractivity contribution in [2.45, 2.75) is 0 Å². The summed E-state index contributed by atoms with van der Waals surface area (Å²) in [4.78, 5) is 0. The number of aromatic nitrogens is 2. The molecule has 74 valence electrons. The van der Waals surface area contributed by atoms with Crippen molar-refractivity contribution in [3.8, 4) is 0 Å². The first-order valence-corrected chi connectivity index (χ1v) is 5.38. The van der Waals surface area contributed by atoms with E-state index in [1.807, 2.05) is 0 Å². The summed E-state index contributed by atoms with van der Waals surface area (Å²) in [5.74, 6) is 0. The van der Waals surface area contributed by atoms with Gasteiger partial charge in [0.15, 0.2) is 12.4 Å². The Bertz CT molecular complexity index is 675. The van der Waals surface area contributed by atoms with Crippen LogP contribution in [0.2, 0.25) is 0 Å². The van der Waals surface area contributed by atoms with Gasteiger partial charge in [0, 0.05) is 12.1 Å². The van der Waals surface area contributed by atoms with Gasteiger partial charge in [-0.3, -0.25) is 0 Å². The highest BCUT2D eigenvalue weighted by molar-refractivity contribution is 5.98. The maximum atomic E-state index is 2.18. The van der Waals surface area contributed by atoms with Crippen LogP contribution in [-0.4, -0.2) is 0 Å². The summed E-state index contributed by atoms with van der Waals surface area (Å²) in [6.07, 6.45) is 8.37. The van der Waals surface area contributed by atoms with E-state index in [0.29, 0.717) is 0 Å². The lowest BCUT2D eigenvalue weighted by Gasteiger charge is -1.98. The van der Waals surface area contributed by atoms with E-state index >= 15 is 0 Å². The van der Waals surface area contributed by atoms with Crippen LogP contribution in [0.15, 0.2) is 61.2 Å². The van der Waals surface area contributed by atoms with Gasteiger partial charge in [-0.05, 0) is 24.3 Å². The predicted octanol–water partition coefficient (Wildman–Crippen LogP) is 1.75. The minimum absolute atomic E-state index is 1.28. The first-order valence-electron chi connectivity index (χ1n) is 5.38. The minimum atomic E-state index is 1.28. The Kier molecular flexibility index (Phi) is 1.33. The van der Waals surface area contributed by atoms with Gasteiger partial charge in [-0.1, -0.05) is 0 Å². The van der Waals surface area contributed by atoms with Crippen LogP contribution in [0.3, 0.4) is 0 Å². The molecule has 3 aromatic heterocycles. The van der Waals surface area contributed by atoms with Gasteiger partial charge in [0.1, 0.15) is 0 Å². The second-order valence-corrected chi connectivity index (χ2v) is 4.07. The Morgan fingerprint density at radius 3 is 1.56 bits per heavy atom. The zero-order valence-corrected chi connectivity index (χ0v) is 8.67. The number of hydrogen-bond donors (Lipinski definition) is 0. The standard InChI is InChI=1S/C14H10N2/c1-3-11-5-6-12-4-2-8-16-10-9-15(7-1)13(11)14(12)16/h1-10H/q+2. The summed E-state index contributed by atoms with van der Waals surface area (Å²) < 4.78 is 4.36. The molecular weight excluding hydrogens is 196 g/mol. The van der Waals surface area contributed by atoms with Crippen molar-refractivity contribution in [2.75, 3.05) is 0 Å². The average Bonchev–Trinajstić information content (AvgIpc) is 2.36. The molecule has 16 heavy (non-hydrogen) atoms. The number of benzene rings is 1. The summed E-state index contributed by atoms with van der Waals surface area (Å²) in [7, 11) is 0. The lowest BCUT2D eigenvalue weighted by Crippen LogP contribution is -2.31. The maximum absolute atomic E-state index is 2.18. The molecular formula is C14H10N2+2. The van der Waals surface area contributed by atoms with Crippen LogP contribution in [0.1, 0.15) is 0 Å². The zero-order valence-electron chi connectivity index (χ0n) is 8.67. The third-order valence-corrected chi connectivity index (χ3v) is 3.16. The van der Waals surface area contributed by atoms with Crippen molar-refractivity contribution in [3.63, 3.8) is 0 Å². The van der Waals surface area contributed by atoms with Crippen molar-refractivity contribution in [3.05, 3.63) is 61.2 Å². The topological polar surface area (TPSA) is 8.20 Å². The number of pyridine rings is 2. The molecule has 0 saturated carbocycles. The molecule has 0 atom stereocenters.